The molecule has 0 aliphatic heterocycles. The van der Waals surface area contributed by atoms with E-state index >= 15 is 0 Å². The van der Waals surface area contributed by atoms with Gasteiger partial charge in [0.15, 0.2) is 0 Å². The molecule has 0 radical (unpaired) electrons. The van der Waals surface area contributed by atoms with Gasteiger partial charge in [0.2, 0.25) is 0 Å². The second-order valence-corrected chi connectivity index (χ2v) is 3.54. The van der Waals surface area contributed by atoms with Gasteiger partial charge >= 0.3 is 6.16 Å². The van der Waals surface area contributed by atoms with E-state index in [1.54, 1.807) is 20.8 Å². The Labute approximate surface area is 71.5 Å². The van der Waals surface area contributed by atoms with Crippen molar-refractivity contribution in [2.45, 2.75) is 27.2 Å². The first-order valence-electron chi connectivity index (χ1n) is 3.73. The van der Waals surface area contributed by atoms with E-state index in [-0.39, 0.29) is 18.8 Å². The molecule has 0 saturated carbocycles. The second-order valence-electron chi connectivity index (χ2n) is 3.54. The molecule has 0 aliphatic rings. The van der Waals surface area contributed by atoms with E-state index in [4.69, 9.17) is 5.11 Å². The molecule has 0 amide bonds. The molecule has 0 aliphatic carbocycles. The van der Waals surface area contributed by atoms with Crippen LogP contribution < -0.4 is 0 Å². The average molecular weight is 174 g/mol. The number of Topliss-reactive ketones (excluding diaryl/α,β-unsaturated/α-hetero) is 1. The summed E-state index contributed by atoms with van der Waals surface area (Å²) < 4.78 is 4.20. The maximum absolute atomic E-state index is 11.2. The van der Waals surface area contributed by atoms with E-state index < -0.39 is 11.6 Å². The summed E-state index contributed by atoms with van der Waals surface area (Å²) in [5, 5.41) is 8.10. The van der Waals surface area contributed by atoms with Gasteiger partial charge in [0.1, 0.15) is 12.4 Å². The van der Waals surface area contributed by atoms with Crippen molar-refractivity contribution in [1.82, 2.24) is 0 Å². The Morgan fingerprint density at radius 1 is 1.33 bits per heavy atom. The van der Waals surface area contributed by atoms with Gasteiger partial charge in [-0.1, -0.05) is 20.8 Å². The average Bonchev–Trinajstić information content (AvgIpc) is 1.84. The maximum atomic E-state index is 11.2. The highest BCUT2D eigenvalue weighted by Crippen LogP contribution is 2.16. The standard InChI is InChI=1S/C8H14O4/c1-8(2,3)6(9)4-5-12-7(10)11/h4-5H2,1-3H3,(H,10,11). The van der Waals surface area contributed by atoms with Crippen LogP contribution in [-0.2, 0) is 9.53 Å². The monoisotopic (exact) mass is 174 g/mol. The van der Waals surface area contributed by atoms with Crippen LogP contribution in [0.5, 0.6) is 0 Å². The van der Waals surface area contributed by atoms with Crippen molar-refractivity contribution in [3.05, 3.63) is 0 Å². The molecule has 70 valence electrons. The Morgan fingerprint density at radius 3 is 2.17 bits per heavy atom. The van der Waals surface area contributed by atoms with Crippen LogP contribution >= 0.6 is 0 Å². The smallest absolute Gasteiger partial charge is 0.450 e. The first kappa shape index (κ1) is 10.9. The number of rotatable bonds is 3. The molecule has 0 rings (SSSR count). The molecule has 4 heteroatoms. The minimum atomic E-state index is -1.34. The summed E-state index contributed by atoms with van der Waals surface area (Å²) in [6.45, 7) is 5.31. The van der Waals surface area contributed by atoms with Crippen molar-refractivity contribution in [1.29, 1.82) is 0 Å². The minimum absolute atomic E-state index is 0.00347. The summed E-state index contributed by atoms with van der Waals surface area (Å²) in [6, 6.07) is 0. The normalized spacial score (nSPS) is 10.9. The third kappa shape index (κ3) is 4.71. The highest BCUT2D eigenvalue weighted by Gasteiger charge is 2.20. The molecular weight excluding hydrogens is 160 g/mol. The predicted molar refractivity (Wildman–Crippen MR) is 43.1 cm³/mol. The van der Waals surface area contributed by atoms with Gasteiger partial charge in [-0.25, -0.2) is 4.79 Å². The van der Waals surface area contributed by atoms with Gasteiger partial charge in [-0.2, -0.15) is 0 Å². The first-order valence-corrected chi connectivity index (χ1v) is 3.73. The maximum Gasteiger partial charge on any atom is 0.505 e. The number of carbonyl (C=O) groups excluding carboxylic acids is 1. The lowest BCUT2D eigenvalue weighted by Gasteiger charge is -2.15. The lowest BCUT2D eigenvalue weighted by Crippen LogP contribution is -2.21. The molecule has 0 bridgehead atoms. The molecule has 0 fully saturated rings. The van der Waals surface area contributed by atoms with Crippen molar-refractivity contribution in [2.75, 3.05) is 6.61 Å². The zero-order valence-electron chi connectivity index (χ0n) is 7.59. The zero-order valence-corrected chi connectivity index (χ0v) is 7.59. The van der Waals surface area contributed by atoms with Gasteiger partial charge in [0, 0.05) is 11.8 Å². The fourth-order valence-corrected chi connectivity index (χ4v) is 0.606. The fraction of sp³-hybridized carbons (Fsp3) is 0.750. The van der Waals surface area contributed by atoms with E-state index in [1.165, 1.54) is 0 Å². The van der Waals surface area contributed by atoms with Crippen LogP contribution in [0.3, 0.4) is 0 Å². The van der Waals surface area contributed by atoms with Crippen molar-refractivity contribution < 1.29 is 19.4 Å². The number of hydrogen-bond donors (Lipinski definition) is 1. The molecule has 0 aromatic carbocycles. The van der Waals surface area contributed by atoms with E-state index in [1.807, 2.05) is 0 Å². The quantitative estimate of drug-likeness (QED) is 0.661. The number of ketones is 1. The summed E-state index contributed by atoms with van der Waals surface area (Å²) in [5.41, 5.74) is -0.415. The Kier molecular flexibility index (Phi) is 3.73. The van der Waals surface area contributed by atoms with Gasteiger partial charge in [0.05, 0.1) is 0 Å². The van der Waals surface area contributed by atoms with E-state index in [0.29, 0.717) is 0 Å². The van der Waals surface area contributed by atoms with Crippen molar-refractivity contribution in [3.63, 3.8) is 0 Å². The largest absolute Gasteiger partial charge is 0.505 e. The minimum Gasteiger partial charge on any atom is -0.450 e. The Bertz CT molecular complexity index is 178. The van der Waals surface area contributed by atoms with Crippen molar-refractivity contribution in [2.24, 2.45) is 5.41 Å². The van der Waals surface area contributed by atoms with Crippen molar-refractivity contribution >= 4 is 11.9 Å². The second kappa shape index (κ2) is 4.09. The van der Waals surface area contributed by atoms with Gasteiger partial charge in [0.25, 0.3) is 0 Å². The van der Waals surface area contributed by atoms with Crippen LogP contribution in [0.1, 0.15) is 27.2 Å². The highest BCUT2D eigenvalue weighted by atomic mass is 16.7. The van der Waals surface area contributed by atoms with E-state index in [9.17, 15) is 9.59 Å². The summed E-state index contributed by atoms with van der Waals surface area (Å²) in [7, 11) is 0. The van der Waals surface area contributed by atoms with Crippen LogP contribution in [0.15, 0.2) is 0 Å². The fourth-order valence-electron chi connectivity index (χ4n) is 0.606. The number of hydrogen-bond acceptors (Lipinski definition) is 3. The number of carbonyl (C=O) groups is 2. The summed E-state index contributed by atoms with van der Waals surface area (Å²) in [5.74, 6) is 0.00347. The molecule has 1 N–H and O–H groups in total. The van der Waals surface area contributed by atoms with E-state index in [2.05, 4.69) is 4.74 Å². The lowest BCUT2D eigenvalue weighted by atomic mass is 9.89. The SMILES string of the molecule is CC(C)(C)C(=O)CCOC(=O)O. The van der Waals surface area contributed by atoms with E-state index in [0.717, 1.165) is 0 Å². The molecular formula is C8H14O4. The molecule has 4 nitrogen and oxygen atoms in total. The molecule has 0 unspecified atom stereocenters. The number of carboxylic acid groups (broad SMARTS) is 1. The summed E-state index contributed by atoms with van der Waals surface area (Å²) in [6.07, 6.45) is -1.19. The van der Waals surface area contributed by atoms with Crippen molar-refractivity contribution in [3.8, 4) is 0 Å². The first-order chi connectivity index (χ1) is 5.34. The third-order valence-corrected chi connectivity index (χ3v) is 1.39. The molecule has 0 atom stereocenters. The van der Waals surface area contributed by atoms with Crippen LogP contribution in [0.25, 0.3) is 0 Å². The molecule has 0 spiro atoms. The topological polar surface area (TPSA) is 63.6 Å². The lowest BCUT2D eigenvalue weighted by molar-refractivity contribution is -0.127. The summed E-state index contributed by atoms with van der Waals surface area (Å²) >= 11 is 0. The Morgan fingerprint density at radius 2 is 1.83 bits per heavy atom. The molecule has 0 saturated heterocycles. The molecule has 0 aromatic heterocycles. The van der Waals surface area contributed by atoms with Crippen LogP contribution in [-0.4, -0.2) is 23.7 Å². The summed E-state index contributed by atoms with van der Waals surface area (Å²) in [4.78, 5) is 21.1. The van der Waals surface area contributed by atoms with Crippen LogP contribution in [0.2, 0.25) is 0 Å². The molecule has 0 heterocycles. The van der Waals surface area contributed by atoms with Crippen LogP contribution in [0.4, 0.5) is 4.79 Å². The molecule has 12 heavy (non-hydrogen) atoms. The predicted octanol–water partition coefficient (Wildman–Crippen LogP) is 1.69. The number of ether oxygens (including phenoxy) is 1. The highest BCUT2D eigenvalue weighted by molar-refractivity contribution is 5.83. The Balaban J connectivity index is 3.66. The Hall–Kier alpha value is -1.06. The zero-order chi connectivity index (χ0) is 9.78. The van der Waals surface area contributed by atoms with Gasteiger partial charge in [-0.3, -0.25) is 4.79 Å². The van der Waals surface area contributed by atoms with Gasteiger partial charge in [-0.05, 0) is 0 Å². The van der Waals surface area contributed by atoms with Gasteiger partial charge in [-0.15, -0.1) is 0 Å². The van der Waals surface area contributed by atoms with Crippen LogP contribution in [0, 0.1) is 5.41 Å². The van der Waals surface area contributed by atoms with Gasteiger partial charge < -0.3 is 9.84 Å². The molecule has 0 aromatic rings. The third-order valence-electron chi connectivity index (χ3n) is 1.39.